The molecule has 0 unspecified atom stereocenters. The summed E-state index contributed by atoms with van der Waals surface area (Å²) in [6, 6.07) is -0.506. The van der Waals surface area contributed by atoms with Crippen molar-refractivity contribution in [2.45, 2.75) is 155 Å². The zero-order chi connectivity index (χ0) is 33.2. The van der Waals surface area contributed by atoms with E-state index >= 15 is 0 Å². The summed E-state index contributed by atoms with van der Waals surface area (Å²) in [6.07, 6.45) is 6.74. The molecule has 2 amide bonds. The molecular formula is C37H60N2O7. The third-order valence-electron chi connectivity index (χ3n) is 15.7. The van der Waals surface area contributed by atoms with Crippen LogP contribution in [0.3, 0.4) is 0 Å². The first-order valence-electron chi connectivity index (χ1n) is 18.4. The van der Waals surface area contributed by atoms with Crippen LogP contribution in [0.15, 0.2) is 0 Å². The number of ether oxygens (including phenoxy) is 3. The highest BCUT2D eigenvalue weighted by Gasteiger charge is 2.84. The summed E-state index contributed by atoms with van der Waals surface area (Å²) >= 11 is 0. The number of carbonyl (C=O) groups is 2. The van der Waals surface area contributed by atoms with Crippen LogP contribution in [0.2, 0.25) is 0 Å². The van der Waals surface area contributed by atoms with Gasteiger partial charge in [-0.1, -0.05) is 34.6 Å². The Labute approximate surface area is 275 Å². The van der Waals surface area contributed by atoms with Crippen molar-refractivity contribution in [2.24, 2.45) is 50.7 Å². The number of hydrogen-bond acceptors (Lipinski definition) is 7. The molecule has 2 aliphatic heterocycles. The molecule has 260 valence electrons. The lowest BCUT2D eigenvalue weighted by molar-refractivity contribution is -0.215. The fraction of sp³-hybridized carbons (Fsp3) is 0.946. The van der Waals surface area contributed by atoms with Crippen LogP contribution >= 0.6 is 0 Å². The second kappa shape index (κ2) is 10.5. The van der Waals surface area contributed by atoms with E-state index in [1.165, 1.54) is 12.8 Å². The molecule has 0 radical (unpaired) electrons. The van der Waals surface area contributed by atoms with Crippen LogP contribution in [0.1, 0.15) is 113 Å². The van der Waals surface area contributed by atoms with Gasteiger partial charge < -0.3 is 35.1 Å². The summed E-state index contributed by atoms with van der Waals surface area (Å²) < 4.78 is 19.1. The van der Waals surface area contributed by atoms with Crippen molar-refractivity contribution in [1.29, 1.82) is 0 Å². The van der Waals surface area contributed by atoms with Gasteiger partial charge in [0.05, 0.1) is 23.9 Å². The van der Waals surface area contributed by atoms with Gasteiger partial charge in [0.1, 0.15) is 18.2 Å². The normalized spacial score (nSPS) is 51.0. The van der Waals surface area contributed by atoms with Crippen LogP contribution in [0.5, 0.6) is 0 Å². The average molecular weight is 645 g/mol. The van der Waals surface area contributed by atoms with Gasteiger partial charge in [0.15, 0.2) is 0 Å². The van der Waals surface area contributed by atoms with E-state index in [0.717, 1.165) is 38.5 Å². The molecule has 7 fully saturated rings. The lowest BCUT2D eigenvalue weighted by atomic mass is 9.41. The molecule has 4 N–H and O–H groups in total. The zero-order valence-corrected chi connectivity index (χ0v) is 29.5. The Morgan fingerprint density at radius 1 is 1.09 bits per heavy atom. The van der Waals surface area contributed by atoms with Crippen LogP contribution in [-0.4, -0.2) is 77.5 Å². The molecule has 0 aromatic heterocycles. The summed E-state index contributed by atoms with van der Waals surface area (Å²) in [5.41, 5.74) is -1.11. The minimum Gasteiger partial charge on any atom is -0.446 e. The summed E-state index contributed by atoms with van der Waals surface area (Å²) in [7, 11) is 0. The quantitative estimate of drug-likeness (QED) is 0.322. The van der Waals surface area contributed by atoms with Gasteiger partial charge in [0.2, 0.25) is 5.91 Å². The second-order valence-electron chi connectivity index (χ2n) is 18.3. The molecule has 7 rings (SSSR count). The third-order valence-corrected chi connectivity index (χ3v) is 15.7. The first-order chi connectivity index (χ1) is 21.5. The maximum atomic E-state index is 12.9. The lowest BCUT2D eigenvalue weighted by Gasteiger charge is -2.63. The molecule has 2 spiro atoms. The minimum absolute atomic E-state index is 0.0374. The molecule has 9 nitrogen and oxygen atoms in total. The molecular weight excluding hydrogens is 584 g/mol. The predicted octanol–water partition coefficient (Wildman–Crippen LogP) is 4.96. The molecule has 9 heteroatoms. The Morgan fingerprint density at radius 3 is 2.43 bits per heavy atom. The van der Waals surface area contributed by atoms with Crippen molar-refractivity contribution < 1.29 is 34.0 Å². The molecule has 2 saturated heterocycles. The summed E-state index contributed by atoms with van der Waals surface area (Å²) in [5.74, 6) is 1.34. The highest BCUT2D eigenvalue weighted by Crippen LogP contribution is 2.89. The Hall–Kier alpha value is -1.42. The number of amides is 2. The largest absolute Gasteiger partial charge is 0.446 e. The van der Waals surface area contributed by atoms with E-state index in [4.69, 9.17) is 14.2 Å². The molecule has 0 aromatic rings. The summed E-state index contributed by atoms with van der Waals surface area (Å²) in [4.78, 5) is 25.0. The smallest absolute Gasteiger partial charge is 0.408 e. The monoisotopic (exact) mass is 644 g/mol. The number of fused-ring (bicyclic) bond motifs is 4. The number of alkyl carbamates (subject to hydrolysis) is 1. The summed E-state index contributed by atoms with van der Waals surface area (Å²) in [6.45, 7) is 18.5. The first kappa shape index (κ1) is 33.1. The number of rotatable bonds is 6. The third kappa shape index (κ3) is 4.25. The van der Waals surface area contributed by atoms with Crippen molar-refractivity contribution in [2.75, 3.05) is 13.2 Å². The van der Waals surface area contributed by atoms with E-state index in [9.17, 15) is 19.8 Å². The predicted molar refractivity (Wildman–Crippen MR) is 173 cm³/mol. The highest BCUT2D eigenvalue weighted by molar-refractivity contribution is 5.87. The van der Waals surface area contributed by atoms with Gasteiger partial charge in [0.25, 0.3) is 0 Å². The Bertz CT molecular complexity index is 1250. The van der Waals surface area contributed by atoms with Crippen LogP contribution in [0.25, 0.3) is 0 Å². The van der Waals surface area contributed by atoms with E-state index in [0.29, 0.717) is 37.3 Å². The number of carbonyl (C=O) groups excluding carboxylic acids is 2. The van der Waals surface area contributed by atoms with Gasteiger partial charge in [-0.15, -0.1) is 0 Å². The van der Waals surface area contributed by atoms with E-state index in [2.05, 4.69) is 45.3 Å². The van der Waals surface area contributed by atoms with Crippen LogP contribution in [0, 0.1) is 50.7 Å². The van der Waals surface area contributed by atoms with Crippen molar-refractivity contribution in [1.82, 2.24) is 10.6 Å². The molecule has 14 atom stereocenters. The van der Waals surface area contributed by atoms with Gasteiger partial charge in [-0.25, -0.2) is 4.79 Å². The van der Waals surface area contributed by atoms with Crippen molar-refractivity contribution in [3.05, 3.63) is 0 Å². The molecule has 2 heterocycles. The number of nitrogens with one attached hydrogen (secondary N) is 2. The topological polar surface area (TPSA) is 126 Å². The number of hydrogen-bond donors (Lipinski definition) is 4. The molecule has 5 saturated carbocycles. The van der Waals surface area contributed by atoms with Gasteiger partial charge in [-0.2, -0.15) is 0 Å². The zero-order valence-electron chi connectivity index (χ0n) is 29.5. The number of aliphatic hydroxyl groups is 2. The van der Waals surface area contributed by atoms with E-state index in [-0.39, 0.29) is 57.2 Å². The Balaban J connectivity index is 1.12. The van der Waals surface area contributed by atoms with E-state index in [1.807, 2.05) is 6.92 Å². The molecule has 5 aliphatic carbocycles. The highest BCUT2D eigenvalue weighted by atomic mass is 16.6. The standard InChI is InChI=1S/C37H60N2O7/c1-9-44-29(33(5,6)43)22-18-20(2)26-27(45-22)28(40)35(8)24-11-10-23-32(3,4)25(46-31(42)39-21-13-17-38-30(21)41)12-14-36(23)19-37(24,36)16-15-34(26,35)7/h20-29,40,43H,9-19H2,1-8H3,(H,38,41)(H,39,42)/t20-,21-,22-,23+,24+,25+,26+,27+,28+,29+,34-,35-,36-,37+/m1/s1. The van der Waals surface area contributed by atoms with Crippen molar-refractivity contribution in [3.8, 4) is 0 Å². The van der Waals surface area contributed by atoms with Crippen LogP contribution in [-0.2, 0) is 19.0 Å². The first-order valence-corrected chi connectivity index (χ1v) is 18.4. The van der Waals surface area contributed by atoms with Crippen molar-refractivity contribution in [3.63, 3.8) is 0 Å². The van der Waals surface area contributed by atoms with Gasteiger partial charge in [0, 0.05) is 24.0 Å². The fourth-order valence-corrected chi connectivity index (χ4v) is 13.7. The van der Waals surface area contributed by atoms with Gasteiger partial charge in [-0.3, -0.25) is 4.79 Å². The minimum atomic E-state index is -1.04. The SMILES string of the molecule is CCO[C@@H]([C@H]1C[C@@H](C)[C@H]2[C@H](O1)[C@H](O)[C@@]1(C)[C@@H]3CC[C@H]4C(C)(C)[C@@H](OC(=O)N[C@@H]5CCNC5=O)CC[C@@]45C[C@@]35CC[C@]21C)C(C)(C)O. The average Bonchev–Trinajstić information content (AvgIpc) is 3.41. The maximum absolute atomic E-state index is 12.9. The van der Waals surface area contributed by atoms with Gasteiger partial charge in [-0.05, 0) is 118 Å². The second-order valence-corrected chi connectivity index (χ2v) is 18.3. The van der Waals surface area contributed by atoms with Gasteiger partial charge >= 0.3 is 6.09 Å². The Kier molecular flexibility index (Phi) is 7.58. The van der Waals surface area contributed by atoms with E-state index in [1.54, 1.807) is 13.8 Å². The van der Waals surface area contributed by atoms with Crippen molar-refractivity contribution >= 4 is 12.0 Å². The lowest BCUT2D eigenvalue weighted by Crippen LogP contribution is -2.60. The fourth-order valence-electron chi connectivity index (χ4n) is 13.7. The maximum Gasteiger partial charge on any atom is 0.408 e. The molecule has 0 aromatic carbocycles. The summed E-state index contributed by atoms with van der Waals surface area (Å²) in [5, 5.41) is 29.1. The molecule has 0 bridgehead atoms. The molecule has 7 aliphatic rings. The number of aliphatic hydroxyl groups excluding tert-OH is 1. The molecule has 46 heavy (non-hydrogen) atoms. The Morgan fingerprint density at radius 2 is 1.78 bits per heavy atom. The van der Waals surface area contributed by atoms with E-state index < -0.39 is 29.9 Å². The van der Waals surface area contributed by atoms with Crippen LogP contribution < -0.4 is 10.6 Å². The van der Waals surface area contributed by atoms with Crippen LogP contribution in [0.4, 0.5) is 4.79 Å².